The molecule has 5 heteroatoms. The van der Waals surface area contributed by atoms with Crippen LogP contribution in [0.3, 0.4) is 0 Å². The van der Waals surface area contributed by atoms with Crippen molar-refractivity contribution in [1.29, 1.82) is 0 Å². The second-order valence-electron chi connectivity index (χ2n) is 5.89. The molecule has 23 heavy (non-hydrogen) atoms. The summed E-state index contributed by atoms with van der Waals surface area (Å²) in [5, 5.41) is 11.9. The summed E-state index contributed by atoms with van der Waals surface area (Å²) in [6.07, 6.45) is 5.26. The number of aliphatic hydroxyl groups excluding tert-OH is 1. The fraction of sp³-hybridized carbons (Fsp3) is 0.500. The lowest BCUT2D eigenvalue weighted by atomic mass is 10.1. The van der Waals surface area contributed by atoms with Crippen LogP contribution in [0.5, 0.6) is 0 Å². The van der Waals surface area contributed by atoms with Gasteiger partial charge in [-0.1, -0.05) is 18.2 Å². The maximum absolute atomic E-state index is 12.2. The van der Waals surface area contributed by atoms with Crippen LogP contribution in [-0.4, -0.2) is 60.3 Å². The molecule has 1 aliphatic rings. The van der Waals surface area contributed by atoms with E-state index in [-0.39, 0.29) is 12.6 Å². The third-order valence-corrected chi connectivity index (χ3v) is 4.10. The summed E-state index contributed by atoms with van der Waals surface area (Å²) in [4.78, 5) is 16.2. The van der Waals surface area contributed by atoms with Gasteiger partial charge in [0.25, 0.3) is 0 Å². The highest BCUT2D eigenvalue weighted by Gasteiger charge is 2.13. The Kier molecular flexibility index (Phi) is 7.10. The van der Waals surface area contributed by atoms with Crippen LogP contribution >= 0.6 is 0 Å². The highest BCUT2D eigenvalue weighted by molar-refractivity contribution is 5.89. The Hall–Kier alpha value is -1.85. The SMILES string of the molecule is C=CCN(CCO)C(=O)Nc1cccc(CCN2CCCC2)c1. The van der Waals surface area contributed by atoms with Crippen molar-refractivity contribution in [3.63, 3.8) is 0 Å². The zero-order valence-corrected chi connectivity index (χ0v) is 13.7. The molecule has 0 radical (unpaired) electrons. The van der Waals surface area contributed by atoms with E-state index in [1.54, 1.807) is 6.08 Å². The van der Waals surface area contributed by atoms with Crippen molar-refractivity contribution in [2.24, 2.45) is 0 Å². The standard InChI is InChI=1S/C18H27N3O2/c1-2-9-21(13-14-22)18(23)19-17-7-5-6-16(15-17)8-12-20-10-3-4-11-20/h2,5-7,15,22H,1,3-4,8-14H2,(H,19,23). The van der Waals surface area contributed by atoms with E-state index in [1.807, 2.05) is 18.2 Å². The molecule has 0 saturated carbocycles. The van der Waals surface area contributed by atoms with Crippen molar-refractivity contribution in [3.05, 3.63) is 42.5 Å². The highest BCUT2D eigenvalue weighted by atomic mass is 16.3. The summed E-state index contributed by atoms with van der Waals surface area (Å²) in [5.41, 5.74) is 2.02. The Labute approximate surface area is 138 Å². The fourth-order valence-corrected chi connectivity index (χ4v) is 2.85. The van der Waals surface area contributed by atoms with Crippen molar-refractivity contribution in [3.8, 4) is 0 Å². The predicted octanol–water partition coefficient (Wildman–Crippen LogP) is 2.34. The number of carbonyl (C=O) groups is 1. The minimum atomic E-state index is -0.212. The Morgan fingerprint density at radius 3 is 2.87 bits per heavy atom. The zero-order valence-electron chi connectivity index (χ0n) is 13.7. The fourth-order valence-electron chi connectivity index (χ4n) is 2.85. The lowest BCUT2D eigenvalue weighted by Crippen LogP contribution is -2.37. The van der Waals surface area contributed by atoms with Crippen molar-refractivity contribution < 1.29 is 9.90 Å². The van der Waals surface area contributed by atoms with Crippen LogP contribution in [0.1, 0.15) is 18.4 Å². The maximum atomic E-state index is 12.2. The largest absolute Gasteiger partial charge is 0.395 e. The molecule has 0 aliphatic carbocycles. The summed E-state index contributed by atoms with van der Waals surface area (Å²) in [6, 6.07) is 7.77. The van der Waals surface area contributed by atoms with Crippen LogP contribution in [0.4, 0.5) is 10.5 Å². The predicted molar refractivity (Wildman–Crippen MR) is 93.7 cm³/mol. The van der Waals surface area contributed by atoms with Gasteiger partial charge >= 0.3 is 6.03 Å². The number of nitrogens with one attached hydrogen (secondary N) is 1. The molecule has 1 heterocycles. The molecule has 2 N–H and O–H groups in total. The van der Waals surface area contributed by atoms with Gasteiger partial charge in [-0.15, -0.1) is 6.58 Å². The lowest BCUT2D eigenvalue weighted by molar-refractivity contribution is 0.195. The van der Waals surface area contributed by atoms with Crippen LogP contribution in [0.2, 0.25) is 0 Å². The second-order valence-corrected chi connectivity index (χ2v) is 5.89. The van der Waals surface area contributed by atoms with Gasteiger partial charge in [0.1, 0.15) is 0 Å². The first-order valence-corrected chi connectivity index (χ1v) is 8.32. The normalized spacial score (nSPS) is 14.7. The lowest BCUT2D eigenvalue weighted by Gasteiger charge is -2.21. The number of carbonyl (C=O) groups excluding carboxylic acids is 1. The summed E-state index contributed by atoms with van der Waals surface area (Å²) < 4.78 is 0. The zero-order chi connectivity index (χ0) is 16.5. The maximum Gasteiger partial charge on any atom is 0.322 e. The Bertz CT molecular complexity index is 513. The monoisotopic (exact) mass is 317 g/mol. The van der Waals surface area contributed by atoms with E-state index in [4.69, 9.17) is 5.11 Å². The van der Waals surface area contributed by atoms with Gasteiger partial charge in [-0.3, -0.25) is 0 Å². The number of nitrogens with zero attached hydrogens (tertiary/aromatic N) is 2. The Morgan fingerprint density at radius 2 is 2.17 bits per heavy atom. The average Bonchev–Trinajstić information content (AvgIpc) is 3.06. The molecular formula is C18H27N3O2. The van der Waals surface area contributed by atoms with Gasteiger partial charge < -0.3 is 20.2 Å². The molecule has 1 aromatic carbocycles. The van der Waals surface area contributed by atoms with E-state index in [0.717, 1.165) is 18.7 Å². The molecule has 1 fully saturated rings. The van der Waals surface area contributed by atoms with Crippen LogP contribution in [0.15, 0.2) is 36.9 Å². The number of amides is 2. The van der Waals surface area contributed by atoms with Crippen LogP contribution < -0.4 is 5.32 Å². The molecule has 0 atom stereocenters. The molecule has 1 saturated heterocycles. The van der Waals surface area contributed by atoms with Crippen LogP contribution in [0.25, 0.3) is 0 Å². The van der Waals surface area contributed by atoms with Crippen molar-refractivity contribution in [2.75, 3.05) is 44.6 Å². The number of aliphatic hydroxyl groups is 1. The molecule has 0 unspecified atom stereocenters. The van der Waals surface area contributed by atoms with Crippen molar-refractivity contribution in [2.45, 2.75) is 19.3 Å². The number of urea groups is 1. The number of hydrogen-bond acceptors (Lipinski definition) is 3. The number of likely N-dealkylation sites (tertiary alicyclic amines) is 1. The number of benzene rings is 1. The van der Waals surface area contributed by atoms with E-state index in [2.05, 4.69) is 22.9 Å². The van der Waals surface area contributed by atoms with Crippen LogP contribution in [0, 0.1) is 0 Å². The van der Waals surface area contributed by atoms with Gasteiger partial charge in [0.15, 0.2) is 0 Å². The van der Waals surface area contributed by atoms with Gasteiger partial charge in [0.2, 0.25) is 0 Å². The number of rotatable bonds is 8. The molecule has 0 aromatic heterocycles. The quantitative estimate of drug-likeness (QED) is 0.724. The van der Waals surface area contributed by atoms with E-state index >= 15 is 0 Å². The van der Waals surface area contributed by atoms with Gasteiger partial charge in [0.05, 0.1) is 6.61 Å². The molecule has 1 aromatic rings. The molecule has 0 bridgehead atoms. The first-order chi connectivity index (χ1) is 11.2. The number of hydrogen-bond donors (Lipinski definition) is 2. The summed E-state index contributed by atoms with van der Waals surface area (Å²) in [5.74, 6) is 0. The molecule has 126 valence electrons. The van der Waals surface area contributed by atoms with E-state index in [1.165, 1.54) is 36.4 Å². The third-order valence-electron chi connectivity index (χ3n) is 4.10. The minimum Gasteiger partial charge on any atom is -0.395 e. The van der Waals surface area contributed by atoms with Crippen molar-refractivity contribution >= 4 is 11.7 Å². The molecule has 5 nitrogen and oxygen atoms in total. The average molecular weight is 317 g/mol. The minimum absolute atomic E-state index is 0.0584. The molecule has 0 spiro atoms. The summed E-state index contributed by atoms with van der Waals surface area (Å²) in [6.45, 7) is 7.78. The first kappa shape index (κ1) is 17.5. The Balaban J connectivity index is 1.90. The van der Waals surface area contributed by atoms with Crippen molar-refractivity contribution in [1.82, 2.24) is 9.80 Å². The Morgan fingerprint density at radius 1 is 1.39 bits per heavy atom. The van der Waals surface area contributed by atoms with Gasteiger partial charge in [-0.25, -0.2) is 4.79 Å². The van der Waals surface area contributed by atoms with E-state index < -0.39 is 0 Å². The highest BCUT2D eigenvalue weighted by Crippen LogP contribution is 2.14. The van der Waals surface area contributed by atoms with Gasteiger partial charge in [-0.2, -0.15) is 0 Å². The summed E-state index contributed by atoms with van der Waals surface area (Å²) in [7, 11) is 0. The van der Waals surface area contributed by atoms with Crippen LogP contribution in [-0.2, 0) is 6.42 Å². The number of anilines is 1. The topological polar surface area (TPSA) is 55.8 Å². The molecule has 2 rings (SSSR count). The smallest absolute Gasteiger partial charge is 0.322 e. The second kappa shape index (κ2) is 9.33. The molecule has 2 amide bonds. The van der Waals surface area contributed by atoms with Gasteiger partial charge in [0, 0.05) is 25.3 Å². The molecular weight excluding hydrogens is 290 g/mol. The van der Waals surface area contributed by atoms with E-state index in [0.29, 0.717) is 13.1 Å². The first-order valence-electron chi connectivity index (χ1n) is 8.32. The molecule has 1 aliphatic heterocycles. The third kappa shape index (κ3) is 5.69. The summed E-state index contributed by atoms with van der Waals surface area (Å²) >= 11 is 0. The van der Waals surface area contributed by atoms with E-state index in [9.17, 15) is 4.79 Å². The van der Waals surface area contributed by atoms with Gasteiger partial charge in [-0.05, 0) is 50.0 Å².